The summed E-state index contributed by atoms with van der Waals surface area (Å²) in [6, 6.07) is 8.55. The molecule has 0 fully saturated rings. The number of hydrogen-bond acceptors (Lipinski definition) is 4. The van der Waals surface area contributed by atoms with Crippen molar-refractivity contribution in [1.29, 1.82) is 0 Å². The van der Waals surface area contributed by atoms with E-state index in [1.54, 1.807) is 25.1 Å². The molecule has 0 amide bonds. The summed E-state index contributed by atoms with van der Waals surface area (Å²) in [5.41, 5.74) is 0.671. The maximum Gasteiger partial charge on any atom is 0.243 e. The SMILES string of the molecule is Cc1ccc(CN(CCN(C)C)S(=O)(=O)c2cc(Cl)ccc2C)o1. The normalized spacial score (nSPS) is 12.3. The van der Waals surface area contributed by atoms with Crippen molar-refractivity contribution in [2.24, 2.45) is 0 Å². The highest BCUT2D eigenvalue weighted by molar-refractivity contribution is 7.89. The molecule has 0 N–H and O–H groups in total. The lowest BCUT2D eigenvalue weighted by Gasteiger charge is -2.24. The Morgan fingerprint density at radius 3 is 2.38 bits per heavy atom. The molecule has 0 saturated carbocycles. The zero-order valence-electron chi connectivity index (χ0n) is 14.4. The second-order valence-electron chi connectivity index (χ2n) is 6.06. The second-order valence-corrected chi connectivity index (χ2v) is 8.41. The lowest BCUT2D eigenvalue weighted by Crippen LogP contribution is -2.36. The predicted molar refractivity (Wildman–Crippen MR) is 95.8 cm³/mol. The summed E-state index contributed by atoms with van der Waals surface area (Å²) >= 11 is 6.01. The molecular weight excluding hydrogens is 348 g/mol. The number of hydrogen-bond donors (Lipinski definition) is 0. The van der Waals surface area contributed by atoms with Crippen LogP contribution in [0.15, 0.2) is 39.6 Å². The predicted octanol–water partition coefficient (Wildman–Crippen LogP) is 3.30. The highest BCUT2D eigenvalue weighted by atomic mass is 35.5. The topological polar surface area (TPSA) is 53.8 Å². The Labute approximate surface area is 148 Å². The van der Waals surface area contributed by atoms with Gasteiger partial charge >= 0.3 is 0 Å². The van der Waals surface area contributed by atoms with E-state index in [4.69, 9.17) is 16.0 Å². The van der Waals surface area contributed by atoms with Crippen LogP contribution in [0, 0.1) is 13.8 Å². The number of halogens is 1. The average molecular weight is 371 g/mol. The molecule has 24 heavy (non-hydrogen) atoms. The molecule has 0 unspecified atom stereocenters. The standard InChI is InChI=1S/C17H23ClN2O3S/c1-13-5-7-15(18)11-17(13)24(21,22)20(10-9-19(3)4)12-16-8-6-14(2)23-16/h5-8,11H,9-10,12H2,1-4H3. The maximum absolute atomic E-state index is 13.1. The van der Waals surface area contributed by atoms with Crippen molar-refractivity contribution in [3.8, 4) is 0 Å². The Hall–Kier alpha value is -1.34. The Kier molecular flexibility index (Phi) is 6.09. The molecule has 7 heteroatoms. The van der Waals surface area contributed by atoms with E-state index in [0.717, 1.165) is 5.76 Å². The van der Waals surface area contributed by atoms with Crippen LogP contribution in [0.2, 0.25) is 5.02 Å². The molecule has 0 aliphatic heterocycles. The Morgan fingerprint density at radius 2 is 1.79 bits per heavy atom. The first-order valence-electron chi connectivity index (χ1n) is 7.66. The fourth-order valence-electron chi connectivity index (χ4n) is 2.33. The summed E-state index contributed by atoms with van der Waals surface area (Å²) in [4.78, 5) is 2.18. The van der Waals surface area contributed by atoms with Crippen LogP contribution in [0.5, 0.6) is 0 Å². The van der Waals surface area contributed by atoms with Gasteiger partial charge in [0.05, 0.1) is 11.4 Å². The minimum absolute atomic E-state index is 0.190. The van der Waals surface area contributed by atoms with Crippen molar-refractivity contribution in [3.05, 3.63) is 52.4 Å². The van der Waals surface area contributed by atoms with Gasteiger partial charge in [-0.2, -0.15) is 4.31 Å². The van der Waals surface area contributed by atoms with Crippen LogP contribution in [0.4, 0.5) is 0 Å². The van der Waals surface area contributed by atoms with Crippen molar-refractivity contribution in [2.45, 2.75) is 25.3 Å². The average Bonchev–Trinajstić information content (AvgIpc) is 2.90. The van der Waals surface area contributed by atoms with E-state index >= 15 is 0 Å². The third kappa shape index (κ3) is 4.60. The third-order valence-corrected chi connectivity index (χ3v) is 5.92. The highest BCUT2D eigenvalue weighted by Crippen LogP contribution is 2.25. The van der Waals surface area contributed by atoms with Crippen LogP contribution in [-0.4, -0.2) is 44.8 Å². The molecule has 1 heterocycles. The molecule has 2 aromatic rings. The third-order valence-electron chi connectivity index (χ3n) is 3.69. The Bertz CT molecular complexity index is 800. The van der Waals surface area contributed by atoms with Gasteiger partial charge in [-0.15, -0.1) is 0 Å². The summed E-state index contributed by atoms with van der Waals surface area (Å²) in [6.45, 7) is 4.77. The maximum atomic E-state index is 13.1. The second kappa shape index (κ2) is 7.70. The fourth-order valence-corrected chi connectivity index (χ4v) is 4.22. The summed E-state index contributed by atoms with van der Waals surface area (Å²) in [5.74, 6) is 1.38. The molecule has 0 spiro atoms. The van der Waals surface area contributed by atoms with Crippen molar-refractivity contribution in [1.82, 2.24) is 9.21 Å². The Balaban J connectivity index is 2.38. The van der Waals surface area contributed by atoms with Crippen LogP contribution >= 0.6 is 11.6 Å². The fraction of sp³-hybridized carbons (Fsp3) is 0.412. The molecular formula is C17H23ClN2O3S. The monoisotopic (exact) mass is 370 g/mol. The van der Waals surface area contributed by atoms with E-state index in [1.807, 2.05) is 32.0 Å². The lowest BCUT2D eigenvalue weighted by molar-refractivity contribution is 0.310. The summed E-state index contributed by atoms with van der Waals surface area (Å²) < 4.78 is 33.3. The van der Waals surface area contributed by atoms with E-state index in [9.17, 15) is 8.42 Å². The number of benzene rings is 1. The first-order chi connectivity index (χ1) is 11.2. The smallest absolute Gasteiger partial charge is 0.243 e. The van der Waals surface area contributed by atoms with E-state index in [0.29, 0.717) is 29.4 Å². The van der Waals surface area contributed by atoms with Gasteiger partial charge < -0.3 is 9.32 Å². The van der Waals surface area contributed by atoms with Crippen molar-refractivity contribution in [3.63, 3.8) is 0 Å². The van der Waals surface area contributed by atoms with Gasteiger partial charge in [0.15, 0.2) is 0 Å². The van der Waals surface area contributed by atoms with Crippen LogP contribution in [0.1, 0.15) is 17.1 Å². The minimum Gasteiger partial charge on any atom is -0.465 e. The minimum atomic E-state index is -3.68. The lowest BCUT2D eigenvalue weighted by atomic mass is 10.2. The van der Waals surface area contributed by atoms with Gasteiger partial charge in [-0.1, -0.05) is 17.7 Å². The molecule has 2 rings (SSSR count). The van der Waals surface area contributed by atoms with Gasteiger partial charge in [-0.05, 0) is 57.8 Å². The number of likely N-dealkylation sites (N-methyl/N-ethyl adjacent to an activating group) is 1. The number of nitrogens with zero attached hydrogens (tertiary/aromatic N) is 2. The van der Waals surface area contributed by atoms with Crippen molar-refractivity contribution < 1.29 is 12.8 Å². The van der Waals surface area contributed by atoms with E-state index in [2.05, 4.69) is 0 Å². The van der Waals surface area contributed by atoms with Crippen LogP contribution < -0.4 is 0 Å². The van der Waals surface area contributed by atoms with Crippen LogP contribution in [0.25, 0.3) is 0 Å². The summed E-state index contributed by atoms with van der Waals surface area (Å²) in [7, 11) is 0.142. The van der Waals surface area contributed by atoms with E-state index in [1.165, 1.54) is 10.4 Å². The summed E-state index contributed by atoms with van der Waals surface area (Å²) in [6.07, 6.45) is 0. The van der Waals surface area contributed by atoms with Crippen molar-refractivity contribution >= 4 is 21.6 Å². The molecule has 0 bridgehead atoms. The molecule has 0 radical (unpaired) electrons. The van der Waals surface area contributed by atoms with Gasteiger partial charge in [0.1, 0.15) is 11.5 Å². The van der Waals surface area contributed by atoms with Crippen LogP contribution in [0.3, 0.4) is 0 Å². The Morgan fingerprint density at radius 1 is 1.08 bits per heavy atom. The number of rotatable bonds is 7. The molecule has 0 aliphatic rings. The van der Waals surface area contributed by atoms with Gasteiger partial charge in [-0.25, -0.2) is 8.42 Å². The zero-order chi connectivity index (χ0) is 17.9. The first-order valence-corrected chi connectivity index (χ1v) is 9.48. The van der Waals surface area contributed by atoms with E-state index < -0.39 is 10.0 Å². The first kappa shape index (κ1) is 19.0. The molecule has 0 aliphatic carbocycles. The highest BCUT2D eigenvalue weighted by Gasteiger charge is 2.27. The van der Waals surface area contributed by atoms with Gasteiger partial charge in [0, 0.05) is 18.1 Å². The van der Waals surface area contributed by atoms with E-state index in [-0.39, 0.29) is 11.4 Å². The molecule has 0 saturated heterocycles. The largest absolute Gasteiger partial charge is 0.465 e. The molecule has 5 nitrogen and oxygen atoms in total. The molecule has 132 valence electrons. The summed E-state index contributed by atoms with van der Waals surface area (Å²) in [5, 5.41) is 0.403. The van der Waals surface area contributed by atoms with Gasteiger partial charge in [0.2, 0.25) is 10.0 Å². The zero-order valence-corrected chi connectivity index (χ0v) is 16.0. The number of furan rings is 1. The number of sulfonamides is 1. The molecule has 1 aromatic heterocycles. The molecule has 1 aromatic carbocycles. The van der Waals surface area contributed by atoms with Gasteiger partial charge in [-0.3, -0.25) is 0 Å². The van der Waals surface area contributed by atoms with Gasteiger partial charge in [0.25, 0.3) is 0 Å². The number of aryl methyl sites for hydroxylation is 2. The molecule has 0 atom stereocenters. The van der Waals surface area contributed by atoms with Crippen LogP contribution in [-0.2, 0) is 16.6 Å². The van der Waals surface area contributed by atoms with Crippen molar-refractivity contribution in [2.75, 3.05) is 27.2 Å². The quantitative estimate of drug-likeness (QED) is 0.750.